The first-order valence-electron chi connectivity index (χ1n) is 6.77. The maximum atomic E-state index is 12.5. The molecule has 9 heteroatoms. The molecule has 0 fully saturated rings. The summed E-state index contributed by atoms with van der Waals surface area (Å²) in [4.78, 5) is 7.81. The van der Waals surface area contributed by atoms with Crippen molar-refractivity contribution in [2.45, 2.75) is 19.3 Å². The van der Waals surface area contributed by atoms with Gasteiger partial charge in [0.05, 0.1) is 12.2 Å². The largest absolute Gasteiger partial charge is 0.406 e. The molecule has 6 nitrogen and oxygen atoms in total. The molecule has 120 valence electrons. The number of benzene rings is 1. The molecule has 0 unspecified atom stereocenters. The summed E-state index contributed by atoms with van der Waals surface area (Å²) in [7, 11) is 0. The van der Waals surface area contributed by atoms with Gasteiger partial charge in [-0.25, -0.2) is 14.6 Å². The average Bonchev–Trinajstić information content (AvgIpc) is 3.16. The van der Waals surface area contributed by atoms with Crippen molar-refractivity contribution >= 4 is 5.69 Å². The van der Waals surface area contributed by atoms with Gasteiger partial charge in [-0.05, 0) is 24.3 Å². The summed E-state index contributed by atoms with van der Waals surface area (Å²) in [5.74, 6) is 0.322. The number of nitrogens with one attached hydrogen (secondary N) is 1. The van der Waals surface area contributed by atoms with Crippen molar-refractivity contribution in [3.05, 3.63) is 55.1 Å². The van der Waals surface area contributed by atoms with Crippen molar-refractivity contribution in [1.82, 2.24) is 24.3 Å². The van der Waals surface area contributed by atoms with Gasteiger partial charge in [0.2, 0.25) is 0 Å². The smallest absolute Gasteiger partial charge is 0.378 e. The summed E-state index contributed by atoms with van der Waals surface area (Å²) >= 11 is 0. The lowest BCUT2D eigenvalue weighted by Gasteiger charge is -2.12. The summed E-state index contributed by atoms with van der Waals surface area (Å²) in [6, 6.07) is 7.29. The molecular weight excluding hydrogens is 309 g/mol. The second kappa shape index (κ2) is 6.11. The minimum absolute atomic E-state index is 0.200. The van der Waals surface area contributed by atoms with Gasteiger partial charge in [-0.1, -0.05) is 0 Å². The van der Waals surface area contributed by atoms with Gasteiger partial charge in [0.25, 0.3) is 0 Å². The topological polar surface area (TPSA) is 60.6 Å². The van der Waals surface area contributed by atoms with Gasteiger partial charge in [0.15, 0.2) is 0 Å². The molecule has 0 aliphatic heterocycles. The van der Waals surface area contributed by atoms with Gasteiger partial charge >= 0.3 is 6.18 Å². The number of alkyl halides is 3. The van der Waals surface area contributed by atoms with Crippen LogP contribution in [0.15, 0.2) is 49.3 Å². The fraction of sp³-hybridized carbons (Fsp3) is 0.214. The molecule has 0 aliphatic rings. The monoisotopic (exact) mass is 322 g/mol. The molecule has 2 heterocycles. The summed E-state index contributed by atoms with van der Waals surface area (Å²) in [6.07, 6.45) is 1.42. The Kier molecular flexibility index (Phi) is 4.00. The zero-order chi connectivity index (χ0) is 16.3. The van der Waals surface area contributed by atoms with E-state index in [0.717, 1.165) is 15.9 Å². The van der Waals surface area contributed by atoms with Gasteiger partial charge in [0, 0.05) is 18.1 Å². The quantitative estimate of drug-likeness (QED) is 0.784. The first-order chi connectivity index (χ1) is 11.0. The Labute approximate surface area is 129 Å². The van der Waals surface area contributed by atoms with Gasteiger partial charge in [-0.3, -0.25) is 0 Å². The van der Waals surface area contributed by atoms with Crippen molar-refractivity contribution in [3.63, 3.8) is 0 Å². The zero-order valence-electron chi connectivity index (χ0n) is 11.9. The molecule has 3 rings (SSSR count). The van der Waals surface area contributed by atoms with E-state index in [4.69, 9.17) is 0 Å². The second-order valence-corrected chi connectivity index (χ2v) is 4.83. The van der Waals surface area contributed by atoms with Gasteiger partial charge < -0.3 is 9.88 Å². The number of nitrogens with zero attached hydrogens (tertiary/aromatic N) is 5. The fourth-order valence-electron chi connectivity index (χ4n) is 2.10. The Morgan fingerprint density at radius 3 is 2.57 bits per heavy atom. The third-order valence-electron chi connectivity index (χ3n) is 3.15. The van der Waals surface area contributed by atoms with Crippen molar-refractivity contribution in [2.75, 3.05) is 5.32 Å². The lowest BCUT2D eigenvalue weighted by molar-refractivity contribution is -0.141. The molecule has 0 saturated carbocycles. The Morgan fingerprint density at radius 2 is 1.91 bits per heavy atom. The Balaban J connectivity index is 1.64. The number of imidazole rings is 1. The molecule has 0 saturated heterocycles. The van der Waals surface area contributed by atoms with Crippen LogP contribution in [0.3, 0.4) is 0 Å². The molecule has 0 bridgehead atoms. The third kappa shape index (κ3) is 3.87. The highest BCUT2D eigenvalue weighted by molar-refractivity contribution is 5.48. The highest BCUT2D eigenvalue weighted by atomic mass is 19.4. The van der Waals surface area contributed by atoms with Crippen LogP contribution in [-0.2, 0) is 13.1 Å². The minimum atomic E-state index is -4.27. The van der Waals surface area contributed by atoms with Crippen molar-refractivity contribution in [1.29, 1.82) is 0 Å². The van der Waals surface area contributed by atoms with Gasteiger partial charge in [-0.2, -0.15) is 18.3 Å². The van der Waals surface area contributed by atoms with Crippen LogP contribution < -0.4 is 5.32 Å². The molecule has 0 spiro atoms. The van der Waals surface area contributed by atoms with E-state index in [1.165, 1.54) is 18.7 Å². The number of aromatic nitrogens is 5. The second-order valence-electron chi connectivity index (χ2n) is 4.83. The Hall–Kier alpha value is -2.84. The van der Waals surface area contributed by atoms with Crippen LogP contribution in [0.4, 0.5) is 18.9 Å². The molecule has 1 aromatic carbocycles. The SMILES string of the molecule is FC(F)(F)Cn1ccnc1CNc1ccc(-n2cncn2)cc1. The highest BCUT2D eigenvalue weighted by Gasteiger charge is 2.28. The predicted molar refractivity (Wildman–Crippen MR) is 77.0 cm³/mol. The average molecular weight is 322 g/mol. The van der Waals surface area contributed by atoms with Gasteiger partial charge in [0.1, 0.15) is 25.0 Å². The normalized spacial score (nSPS) is 11.6. The van der Waals surface area contributed by atoms with Crippen LogP contribution in [0.2, 0.25) is 0 Å². The lowest BCUT2D eigenvalue weighted by Crippen LogP contribution is -2.20. The minimum Gasteiger partial charge on any atom is -0.378 e. The lowest BCUT2D eigenvalue weighted by atomic mass is 10.3. The Morgan fingerprint density at radius 1 is 1.13 bits per heavy atom. The number of hydrogen-bond acceptors (Lipinski definition) is 4. The van der Waals surface area contributed by atoms with Crippen LogP contribution in [0.5, 0.6) is 0 Å². The summed E-state index contributed by atoms with van der Waals surface area (Å²) in [6.45, 7) is -0.846. The summed E-state index contributed by atoms with van der Waals surface area (Å²) in [5, 5.41) is 7.06. The van der Waals surface area contributed by atoms with E-state index in [1.54, 1.807) is 11.0 Å². The Bertz CT molecular complexity index is 746. The van der Waals surface area contributed by atoms with Crippen LogP contribution in [0.25, 0.3) is 5.69 Å². The molecule has 23 heavy (non-hydrogen) atoms. The van der Waals surface area contributed by atoms with Crippen LogP contribution in [0, 0.1) is 0 Å². The number of hydrogen-bond donors (Lipinski definition) is 1. The standard InChI is InChI=1S/C14H13F3N6/c15-14(16,17)8-22-6-5-19-13(22)7-20-11-1-3-12(4-2-11)23-10-18-9-21-23/h1-6,9-10,20H,7-8H2. The molecule has 0 amide bonds. The van der Waals surface area contributed by atoms with Crippen LogP contribution in [0.1, 0.15) is 5.82 Å². The van der Waals surface area contributed by atoms with E-state index in [0.29, 0.717) is 5.82 Å². The number of rotatable bonds is 5. The molecule has 0 atom stereocenters. The van der Waals surface area contributed by atoms with E-state index in [2.05, 4.69) is 20.4 Å². The first-order valence-corrected chi connectivity index (χ1v) is 6.77. The molecule has 3 aromatic rings. The van der Waals surface area contributed by atoms with E-state index in [9.17, 15) is 13.2 Å². The molecule has 0 aliphatic carbocycles. The number of anilines is 1. The third-order valence-corrected chi connectivity index (χ3v) is 3.15. The molecule has 2 aromatic heterocycles. The van der Waals surface area contributed by atoms with Crippen molar-refractivity contribution < 1.29 is 13.2 Å². The van der Waals surface area contributed by atoms with Crippen LogP contribution >= 0.6 is 0 Å². The van der Waals surface area contributed by atoms with Gasteiger partial charge in [-0.15, -0.1) is 0 Å². The molecular formula is C14H13F3N6. The molecule has 0 radical (unpaired) electrons. The highest BCUT2D eigenvalue weighted by Crippen LogP contribution is 2.19. The fourth-order valence-corrected chi connectivity index (χ4v) is 2.10. The maximum Gasteiger partial charge on any atom is 0.406 e. The first kappa shape index (κ1) is 15.1. The maximum absolute atomic E-state index is 12.5. The number of halogens is 3. The van der Waals surface area contributed by atoms with E-state index in [-0.39, 0.29) is 6.54 Å². The van der Waals surface area contributed by atoms with E-state index < -0.39 is 12.7 Å². The van der Waals surface area contributed by atoms with Crippen molar-refractivity contribution in [3.8, 4) is 5.69 Å². The molecule has 1 N–H and O–H groups in total. The zero-order valence-corrected chi connectivity index (χ0v) is 11.9. The summed E-state index contributed by atoms with van der Waals surface area (Å²) in [5.41, 5.74) is 1.61. The van der Waals surface area contributed by atoms with Crippen molar-refractivity contribution in [2.24, 2.45) is 0 Å². The van der Waals surface area contributed by atoms with Crippen LogP contribution in [-0.4, -0.2) is 30.5 Å². The van der Waals surface area contributed by atoms with E-state index >= 15 is 0 Å². The predicted octanol–water partition coefficient (Wildman–Crippen LogP) is 2.64. The summed E-state index contributed by atoms with van der Waals surface area (Å²) < 4.78 is 40.1. The van der Waals surface area contributed by atoms with E-state index in [1.807, 2.05) is 24.3 Å².